The van der Waals surface area contributed by atoms with Crippen molar-refractivity contribution in [1.82, 2.24) is 0 Å². The van der Waals surface area contributed by atoms with E-state index in [2.05, 4.69) is 0 Å². The SMILES string of the molecule is NC(=O)C12CC(N)(C1)C2. The van der Waals surface area contributed by atoms with Gasteiger partial charge in [-0.1, -0.05) is 0 Å². The first kappa shape index (κ1) is 5.23. The van der Waals surface area contributed by atoms with E-state index in [0.29, 0.717) is 0 Å². The van der Waals surface area contributed by atoms with Crippen molar-refractivity contribution in [1.29, 1.82) is 0 Å². The van der Waals surface area contributed by atoms with Crippen LogP contribution in [-0.4, -0.2) is 11.4 Å². The van der Waals surface area contributed by atoms with E-state index in [-0.39, 0.29) is 16.9 Å². The van der Waals surface area contributed by atoms with E-state index in [1.165, 1.54) is 0 Å². The van der Waals surface area contributed by atoms with Crippen LogP contribution >= 0.6 is 0 Å². The zero-order valence-corrected chi connectivity index (χ0v) is 5.18. The molecule has 0 radical (unpaired) electrons. The maximum atomic E-state index is 10.7. The van der Waals surface area contributed by atoms with Crippen molar-refractivity contribution < 1.29 is 4.79 Å². The summed E-state index contributed by atoms with van der Waals surface area (Å²) in [4.78, 5) is 10.7. The van der Waals surface area contributed by atoms with Crippen molar-refractivity contribution in [3.8, 4) is 0 Å². The molecule has 3 nitrogen and oxygen atoms in total. The van der Waals surface area contributed by atoms with E-state index in [0.717, 1.165) is 19.3 Å². The predicted molar refractivity (Wildman–Crippen MR) is 32.4 cm³/mol. The summed E-state index contributed by atoms with van der Waals surface area (Å²) in [6.45, 7) is 0. The minimum absolute atomic E-state index is 0.00896. The number of primary amides is 1. The summed E-state index contributed by atoms with van der Waals surface area (Å²) >= 11 is 0. The van der Waals surface area contributed by atoms with Gasteiger partial charge in [-0.2, -0.15) is 0 Å². The average molecular weight is 126 g/mol. The summed E-state index contributed by atoms with van der Waals surface area (Å²) < 4.78 is 0. The van der Waals surface area contributed by atoms with Crippen LogP contribution in [0.4, 0.5) is 0 Å². The number of amides is 1. The second-order valence-corrected chi connectivity index (χ2v) is 3.54. The molecule has 3 aliphatic rings. The zero-order valence-electron chi connectivity index (χ0n) is 5.18. The lowest BCUT2D eigenvalue weighted by molar-refractivity contribution is -0.168. The molecule has 0 heterocycles. The third-order valence-corrected chi connectivity index (χ3v) is 2.59. The fourth-order valence-electron chi connectivity index (χ4n) is 2.13. The van der Waals surface area contributed by atoms with Gasteiger partial charge in [-0.05, 0) is 19.3 Å². The lowest BCUT2D eigenvalue weighted by Crippen LogP contribution is -2.75. The molecule has 9 heavy (non-hydrogen) atoms. The summed E-state index contributed by atoms with van der Waals surface area (Å²) in [6, 6.07) is 0. The Balaban J connectivity index is 2.13. The van der Waals surface area contributed by atoms with Crippen LogP contribution in [0.2, 0.25) is 0 Å². The van der Waals surface area contributed by atoms with E-state index in [1.807, 2.05) is 0 Å². The number of nitrogens with two attached hydrogens (primary N) is 2. The highest BCUT2D eigenvalue weighted by Gasteiger charge is 2.69. The molecular weight excluding hydrogens is 116 g/mol. The van der Waals surface area contributed by atoms with Crippen molar-refractivity contribution in [2.75, 3.05) is 0 Å². The Morgan fingerprint density at radius 2 is 1.78 bits per heavy atom. The van der Waals surface area contributed by atoms with Crippen molar-refractivity contribution in [3.63, 3.8) is 0 Å². The molecule has 0 spiro atoms. The molecule has 3 aliphatic carbocycles. The summed E-state index contributed by atoms with van der Waals surface area (Å²) in [7, 11) is 0. The van der Waals surface area contributed by atoms with E-state index >= 15 is 0 Å². The van der Waals surface area contributed by atoms with E-state index in [9.17, 15) is 4.79 Å². The van der Waals surface area contributed by atoms with Crippen LogP contribution in [0.5, 0.6) is 0 Å². The van der Waals surface area contributed by atoms with Crippen LogP contribution < -0.4 is 11.5 Å². The fourth-order valence-corrected chi connectivity index (χ4v) is 2.13. The number of hydrogen-bond donors (Lipinski definition) is 2. The Morgan fingerprint density at radius 1 is 1.33 bits per heavy atom. The van der Waals surface area contributed by atoms with Gasteiger partial charge in [0.05, 0.1) is 5.41 Å². The minimum Gasteiger partial charge on any atom is -0.369 e. The molecule has 3 heteroatoms. The summed E-state index contributed by atoms with van der Waals surface area (Å²) in [5.41, 5.74) is 10.7. The molecule has 50 valence electrons. The molecule has 3 saturated carbocycles. The third kappa shape index (κ3) is 0.399. The monoisotopic (exact) mass is 126 g/mol. The lowest BCUT2D eigenvalue weighted by Gasteiger charge is -2.67. The first-order chi connectivity index (χ1) is 4.06. The maximum Gasteiger partial charge on any atom is 0.223 e. The number of rotatable bonds is 1. The minimum atomic E-state index is -0.158. The second kappa shape index (κ2) is 1.01. The molecule has 3 fully saturated rings. The summed E-state index contributed by atoms with van der Waals surface area (Å²) in [6.07, 6.45) is 2.49. The van der Waals surface area contributed by atoms with Crippen LogP contribution in [0.3, 0.4) is 0 Å². The van der Waals surface area contributed by atoms with E-state index in [4.69, 9.17) is 11.5 Å². The Labute approximate surface area is 53.4 Å². The molecule has 4 N–H and O–H groups in total. The normalized spacial score (nSPS) is 53.4. The van der Waals surface area contributed by atoms with Crippen LogP contribution in [0.25, 0.3) is 0 Å². The molecule has 0 saturated heterocycles. The Bertz CT molecular complexity index is 168. The topological polar surface area (TPSA) is 69.1 Å². The second-order valence-electron chi connectivity index (χ2n) is 3.54. The number of hydrogen-bond acceptors (Lipinski definition) is 2. The Hall–Kier alpha value is -0.570. The molecule has 3 rings (SSSR count). The molecule has 2 bridgehead atoms. The quantitative estimate of drug-likeness (QED) is 0.490. The first-order valence-corrected chi connectivity index (χ1v) is 3.15. The molecule has 0 aliphatic heterocycles. The smallest absolute Gasteiger partial charge is 0.223 e. The molecule has 0 atom stereocenters. The lowest BCUT2D eigenvalue weighted by atomic mass is 9.39. The van der Waals surface area contributed by atoms with Crippen molar-refractivity contribution in [3.05, 3.63) is 0 Å². The summed E-state index contributed by atoms with van der Waals surface area (Å²) in [5, 5.41) is 0. The highest BCUT2D eigenvalue weighted by molar-refractivity contribution is 5.85. The molecular formula is C6H10N2O. The van der Waals surface area contributed by atoms with Gasteiger partial charge in [0.15, 0.2) is 0 Å². The van der Waals surface area contributed by atoms with Gasteiger partial charge in [0.1, 0.15) is 0 Å². The Kier molecular flexibility index (Phi) is 0.588. The molecule has 0 aromatic rings. The van der Waals surface area contributed by atoms with Gasteiger partial charge in [0, 0.05) is 5.54 Å². The van der Waals surface area contributed by atoms with E-state index < -0.39 is 0 Å². The maximum absolute atomic E-state index is 10.7. The fraction of sp³-hybridized carbons (Fsp3) is 0.833. The summed E-state index contributed by atoms with van der Waals surface area (Å²) in [5.74, 6) is -0.158. The van der Waals surface area contributed by atoms with Crippen LogP contribution in [0, 0.1) is 5.41 Å². The van der Waals surface area contributed by atoms with Crippen LogP contribution in [-0.2, 0) is 4.79 Å². The average Bonchev–Trinajstić information content (AvgIpc) is 1.54. The largest absolute Gasteiger partial charge is 0.369 e. The van der Waals surface area contributed by atoms with Crippen LogP contribution in [0.1, 0.15) is 19.3 Å². The number of carbonyl (C=O) groups is 1. The third-order valence-electron chi connectivity index (χ3n) is 2.59. The number of carbonyl (C=O) groups excluding carboxylic acids is 1. The highest BCUT2D eigenvalue weighted by Crippen LogP contribution is 2.65. The van der Waals surface area contributed by atoms with Gasteiger partial charge in [-0.3, -0.25) is 4.79 Å². The zero-order chi connectivity index (χ0) is 6.70. The molecule has 0 unspecified atom stereocenters. The molecule has 1 amide bonds. The van der Waals surface area contributed by atoms with Crippen molar-refractivity contribution in [2.24, 2.45) is 16.9 Å². The molecule has 0 aromatic carbocycles. The van der Waals surface area contributed by atoms with Gasteiger partial charge >= 0.3 is 0 Å². The standard InChI is InChI=1S/C6H10N2O/c7-4(9)5-1-6(8,2-5)3-5/h1-3,8H2,(H2,7,9). The van der Waals surface area contributed by atoms with Gasteiger partial charge in [0.2, 0.25) is 5.91 Å². The van der Waals surface area contributed by atoms with Gasteiger partial charge in [-0.15, -0.1) is 0 Å². The van der Waals surface area contributed by atoms with Gasteiger partial charge < -0.3 is 11.5 Å². The highest BCUT2D eigenvalue weighted by atomic mass is 16.1. The van der Waals surface area contributed by atoms with Gasteiger partial charge in [-0.25, -0.2) is 0 Å². The Morgan fingerprint density at radius 3 is 1.89 bits per heavy atom. The predicted octanol–water partition coefficient (Wildman–Crippen LogP) is -0.647. The van der Waals surface area contributed by atoms with E-state index in [1.54, 1.807) is 0 Å². The van der Waals surface area contributed by atoms with Crippen molar-refractivity contribution >= 4 is 5.91 Å². The van der Waals surface area contributed by atoms with Crippen LogP contribution in [0.15, 0.2) is 0 Å². The molecule has 0 aromatic heterocycles. The first-order valence-electron chi connectivity index (χ1n) is 3.15. The van der Waals surface area contributed by atoms with Gasteiger partial charge in [0.25, 0.3) is 0 Å². The van der Waals surface area contributed by atoms with Crippen molar-refractivity contribution in [2.45, 2.75) is 24.8 Å².